The minimum atomic E-state index is -3.74. The van der Waals surface area contributed by atoms with E-state index in [9.17, 15) is 12.8 Å². The van der Waals surface area contributed by atoms with Gasteiger partial charge >= 0.3 is 0 Å². The first-order chi connectivity index (χ1) is 11.5. The van der Waals surface area contributed by atoms with Crippen LogP contribution in [0.3, 0.4) is 0 Å². The lowest BCUT2D eigenvalue weighted by Crippen LogP contribution is -2.36. The molecule has 2 heterocycles. The fourth-order valence-electron chi connectivity index (χ4n) is 2.89. The lowest BCUT2D eigenvalue weighted by molar-refractivity contribution is 0.247. The van der Waals surface area contributed by atoms with Crippen molar-refractivity contribution in [1.82, 2.24) is 9.62 Å². The van der Waals surface area contributed by atoms with Crippen molar-refractivity contribution in [2.45, 2.75) is 23.8 Å². The Balaban J connectivity index is 0.00000225. The van der Waals surface area contributed by atoms with Crippen LogP contribution in [-0.2, 0) is 10.0 Å². The molecule has 1 atom stereocenters. The van der Waals surface area contributed by atoms with Gasteiger partial charge in [-0.05, 0) is 66.5 Å². The van der Waals surface area contributed by atoms with Gasteiger partial charge in [-0.2, -0.15) is 11.3 Å². The van der Waals surface area contributed by atoms with Gasteiger partial charge in [0, 0.05) is 12.6 Å². The molecule has 2 aromatic rings. The average molecular weight is 425 g/mol. The molecule has 1 N–H and O–H groups in total. The summed E-state index contributed by atoms with van der Waals surface area (Å²) in [5.74, 6) is -0.635. The van der Waals surface area contributed by atoms with Gasteiger partial charge < -0.3 is 0 Å². The third-order valence-corrected chi connectivity index (χ3v) is 6.59. The van der Waals surface area contributed by atoms with Crippen LogP contribution in [0.1, 0.15) is 24.4 Å². The molecular formula is C16H19Cl2FN2O2S2. The third kappa shape index (κ3) is 4.93. The molecule has 1 fully saturated rings. The van der Waals surface area contributed by atoms with E-state index in [-0.39, 0.29) is 34.9 Å². The van der Waals surface area contributed by atoms with Gasteiger partial charge in [-0.15, -0.1) is 12.4 Å². The van der Waals surface area contributed by atoms with Crippen LogP contribution in [0.25, 0.3) is 0 Å². The molecule has 3 rings (SSSR count). The van der Waals surface area contributed by atoms with E-state index in [0.29, 0.717) is 0 Å². The van der Waals surface area contributed by atoms with E-state index in [4.69, 9.17) is 11.6 Å². The Labute approximate surface area is 162 Å². The quantitative estimate of drug-likeness (QED) is 0.759. The van der Waals surface area contributed by atoms with Gasteiger partial charge in [-0.1, -0.05) is 11.6 Å². The fraction of sp³-hybridized carbons (Fsp3) is 0.375. The van der Waals surface area contributed by atoms with Crippen LogP contribution >= 0.6 is 35.3 Å². The number of thiophene rings is 1. The maximum Gasteiger partial charge on any atom is 0.240 e. The number of halogens is 3. The summed E-state index contributed by atoms with van der Waals surface area (Å²) in [5, 5.41) is 3.84. The fourth-order valence-corrected chi connectivity index (χ4v) is 4.91. The zero-order chi connectivity index (χ0) is 17.2. The first-order valence-corrected chi connectivity index (χ1v) is 10.5. The van der Waals surface area contributed by atoms with E-state index < -0.39 is 15.8 Å². The molecule has 25 heavy (non-hydrogen) atoms. The second kappa shape index (κ2) is 8.79. The van der Waals surface area contributed by atoms with Crippen molar-refractivity contribution >= 4 is 45.4 Å². The lowest BCUT2D eigenvalue weighted by atomic mass is 10.1. The van der Waals surface area contributed by atoms with Gasteiger partial charge in [0.1, 0.15) is 5.82 Å². The Bertz CT molecular complexity index is 794. The molecule has 0 spiro atoms. The summed E-state index contributed by atoms with van der Waals surface area (Å²) in [6.45, 7) is 2.20. The highest BCUT2D eigenvalue weighted by molar-refractivity contribution is 7.89. The number of likely N-dealkylation sites (tertiary alicyclic amines) is 1. The summed E-state index contributed by atoms with van der Waals surface area (Å²) < 4.78 is 40.8. The first kappa shape index (κ1) is 20.6. The predicted octanol–water partition coefficient (Wildman–Crippen LogP) is 4.08. The molecule has 1 aromatic heterocycles. The molecule has 0 saturated carbocycles. The van der Waals surface area contributed by atoms with E-state index in [1.165, 1.54) is 6.07 Å². The summed E-state index contributed by atoms with van der Waals surface area (Å²) in [6, 6.07) is 5.45. The number of nitrogens with zero attached hydrogens (tertiary/aromatic N) is 1. The van der Waals surface area contributed by atoms with Crippen LogP contribution in [-0.4, -0.2) is 33.0 Å². The van der Waals surface area contributed by atoms with E-state index in [1.807, 2.05) is 16.8 Å². The smallest absolute Gasteiger partial charge is 0.240 e. The third-order valence-electron chi connectivity index (χ3n) is 4.18. The van der Waals surface area contributed by atoms with E-state index in [1.54, 1.807) is 11.3 Å². The highest BCUT2D eigenvalue weighted by atomic mass is 35.5. The van der Waals surface area contributed by atoms with Crippen LogP contribution in [0, 0.1) is 5.82 Å². The minimum absolute atomic E-state index is 0. The standard InChI is InChI=1S/C16H18ClFN2O2S2.ClH/c17-14-9-13(3-4-15(14)18)24(21,22)19-10-16(12-5-8-23-11-12)20-6-1-2-7-20;/h3-5,8-9,11,16,19H,1-2,6-7,10H2;1H. The number of sulfonamides is 1. The summed E-state index contributed by atoms with van der Waals surface area (Å²) in [6.07, 6.45) is 2.25. The molecule has 138 valence electrons. The number of hydrogen-bond donors (Lipinski definition) is 1. The van der Waals surface area contributed by atoms with Gasteiger partial charge in [0.15, 0.2) is 0 Å². The monoisotopic (exact) mass is 424 g/mol. The van der Waals surface area contributed by atoms with Crippen molar-refractivity contribution in [2.75, 3.05) is 19.6 Å². The summed E-state index contributed by atoms with van der Waals surface area (Å²) in [4.78, 5) is 2.27. The van der Waals surface area contributed by atoms with Crippen LogP contribution in [0.2, 0.25) is 5.02 Å². The first-order valence-electron chi connectivity index (χ1n) is 7.68. The number of rotatable bonds is 6. The molecule has 1 saturated heterocycles. The van der Waals surface area contributed by atoms with Crippen molar-refractivity contribution in [3.63, 3.8) is 0 Å². The zero-order valence-electron chi connectivity index (χ0n) is 13.3. The Morgan fingerprint density at radius 1 is 1.28 bits per heavy atom. The number of hydrogen-bond acceptors (Lipinski definition) is 4. The van der Waals surface area contributed by atoms with E-state index in [2.05, 4.69) is 9.62 Å². The SMILES string of the molecule is Cl.O=S(=O)(NCC(c1ccsc1)N1CCCC1)c1ccc(F)c(Cl)c1. The molecular weight excluding hydrogens is 406 g/mol. The van der Waals surface area contributed by atoms with Crippen molar-refractivity contribution < 1.29 is 12.8 Å². The van der Waals surface area contributed by atoms with Crippen LogP contribution in [0.15, 0.2) is 39.9 Å². The topological polar surface area (TPSA) is 49.4 Å². The molecule has 9 heteroatoms. The van der Waals surface area contributed by atoms with Crippen LogP contribution in [0.5, 0.6) is 0 Å². The van der Waals surface area contributed by atoms with Crippen molar-refractivity contribution in [1.29, 1.82) is 0 Å². The Morgan fingerprint density at radius 2 is 2.00 bits per heavy atom. The van der Waals surface area contributed by atoms with Crippen molar-refractivity contribution in [3.8, 4) is 0 Å². The van der Waals surface area contributed by atoms with Crippen molar-refractivity contribution in [2.24, 2.45) is 0 Å². The predicted molar refractivity (Wildman–Crippen MR) is 102 cm³/mol. The largest absolute Gasteiger partial charge is 0.295 e. The second-order valence-corrected chi connectivity index (χ2v) is 8.70. The molecule has 1 aromatic carbocycles. The second-order valence-electron chi connectivity index (χ2n) is 5.74. The zero-order valence-corrected chi connectivity index (χ0v) is 16.5. The lowest BCUT2D eigenvalue weighted by Gasteiger charge is -2.27. The highest BCUT2D eigenvalue weighted by Gasteiger charge is 2.26. The number of benzene rings is 1. The van der Waals surface area contributed by atoms with Crippen LogP contribution < -0.4 is 4.72 Å². The molecule has 0 bridgehead atoms. The van der Waals surface area contributed by atoms with E-state index >= 15 is 0 Å². The average Bonchev–Trinajstić information content (AvgIpc) is 3.24. The molecule has 1 aliphatic heterocycles. The van der Waals surface area contributed by atoms with E-state index in [0.717, 1.165) is 43.6 Å². The van der Waals surface area contributed by atoms with Gasteiger partial charge in [0.05, 0.1) is 9.92 Å². The molecule has 0 amide bonds. The molecule has 1 aliphatic rings. The normalized spacial score (nSPS) is 16.6. The Hall–Kier alpha value is -0.700. The minimum Gasteiger partial charge on any atom is -0.295 e. The molecule has 4 nitrogen and oxygen atoms in total. The van der Waals surface area contributed by atoms with Gasteiger partial charge in [-0.25, -0.2) is 17.5 Å². The summed E-state index contributed by atoms with van der Waals surface area (Å²) >= 11 is 7.29. The maximum absolute atomic E-state index is 13.2. The van der Waals surface area contributed by atoms with Gasteiger partial charge in [-0.3, -0.25) is 4.90 Å². The summed E-state index contributed by atoms with van der Waals surface area (Å²) in [5.41, 5.74) is 1.11. The van der Waals surface area contributed by atoms with Gasteiger partial charge in [0.2, 0.25) is 10.0 Å². The highest BCUT2D eigenvalue weighted by Crippen LogP contribution is 2.27. The molecule has 0 radical (unpaired) electrons. The Morgan fingerprint density at radius 3 is 2.60 bits per heavy atom. The Kier molecular flexibility index (Phi) is 7.25. The summed E-state index contributed by atoms with van der Waals surface area (Å²) in [7, 11) is -3.74. The van der Waals surface area contributed by atoms with Crippen molar-refractivity contribution in [3.05, 3.63) is 51.4 Å². The molecule has 1 unspecified atom stereocenters. The molecule has 0 aliphatic carbocycles. The maximum atomic E-state index is 13.2. The van der Waals surface area contributed by atoms with Gasteiger partial charge in [0.25, 0.3) is 0 Å². The van der Waals surface area contributed by atoms with Crippen LogP contribution in [0.4, 0.5) is 4.39 Å². The number of nitrogens with one attached hydrogen (secondary N) is 1.